The van der Waals surface area contributed by atoms with Crippen LogP contribution in [0, 0.1) is 11.3 Å². The van der Waals surface area contributed by atoms with Gasteiger partial charge in [0.05, 0.1) is 5.56 Å². The van der Waals surface area contributed by atoms with E-state index in [0.29, 0.717) is 11.3 Å². The molecule has 0 spiro atoms. The predicted molar refractivity (Wildman–Crippen MR) is 70.9 cm³/mol. The number of hydrogen-bond acceptors (Lipinski definition) is 2. The number of carbonyl (C=O) groups is 1. The molecular weight excluding hydrogens is 224 g/mol. The lowest BCUT2D eigenvalue weighted by atomic mass is 10.1. The van der Waals surface area contributed by atoms with Crippen LogP contribution < -0.4 is 0 Å². The van der Waals surface area contributed by atoms with Gasteiger partial charge in [-0.2, -0.15) is 5.26 Å². The van der Waals surface area contributed by atoms with E-state index in [9.17, 15) is 4.79 Å². The topological polar surface area (TPSA) is 56.6 Å². The van der Waals surface area contributed by atoms with E-state index in [1.54, 1.807) is 6.20 Å². The molecule has 3 heteroatoms. The number of hydrogen-bond donors (Lipinski definition) is 1. The molecule has 2 aromatic rings. The highest BCUT2D eigenvalue weighted by Crippen LogP contribution is 2.16. The molecule has 1 aromatic carbocycles. The van der Waals surface area contributed by atoms with Gasteiger partial charge in [-0.15, -0.1) is 0 Å². The Labute approximate surface area is 105 Å². The summed E-state index contributed by atoms with van der Waals surface area (Å²) in [6, 6.07) is 11.8. The quantitative estimate of drug-likeness (QED) is 0.831. The molecule has 0 bridgehead atoms. The van der Waals surface area contributed by atoms with Gasteiger partial charge in [0.1, 0.15) is 11.8 Å². The number of carbonyl (C=O) groups excluding carboxylic acids is 1. The van der Waals surface area contributed by atoms with Crippen LogP contribution in [0.25, 0.3) is 12.2 Å². The van der Waals surface area contributed by atoms with Crippen LogP contribution >= 0.6 is 0 Å². The highest BCUT2D eigenvalue weighted by atomic mass is 16.1. The van der Waals surface area contributed by atoms with Crippen LogP contribution in [0.2, 0.25) is 0 Å². The van der Waals surface area contributed by atoms with Gasteiger partial charge in [0.15, 0.2) is 5.78 Å². The Hall–Kier alpha value is -2.60. The van der Waals surface area contributed by atoms with Gasteiger partial charge in [0, 0.05) is 18.7 Å². The van der Waals surface area contributed by atoms with Crippen molar-refractivity contribution in [3.63, 3.8) is 0 Å². The lowest BCUT2D eigenvalue weighted by molar-refractivity contribution is 0.101. The number of ketones is 1. The molecule has 0 saturated heterocycles. The highest BCUT2D eigenvalue weighted by Gasteiger charge is 2.12. The fourth-order valence-electron chi connectivity index (χ4n) is 1.72. The van der Waals surface area contributed by atoms with E-state index < -0.39 is 0 Å². The number of nitrogens with one attached hydrogen (secondary N) is 1. The fourth-order valence-corrected chi connectivity index (χ4v) is 1.72. The minimum absolute atomic E-state index is 0.133. The van der Waals surface area contributed by atoms with Crippen molar-refractivity contribution in [3.05, 3.63) is 58.9 Å². The van der Waals surface area contributed by atoms with Crippen LogP contribution in [0.5, 0.6) is 0 Å². The van der Waals surface area contributed by atoms with Crippen LogP contribution in [0.3, 0.4) is 0 Å². The molecule has 18 heavy (non-hydrogen) atoms. The van der Waals surface area contributed by atoms with Crippen molar-refractivity contribution in [1.29, 1.82) is 5.26 Å². The van der Waals surface area contributed by atoms with Gasteiger partial charge >= 0.3 is 0 Å². The molecule has 0 atom stereocenters. The number of nitriles is 1. The number of H-pyrrole nitrogens is 1. The average molecular weight is 236 g/mol. The maximum atomic E-state index is 11.3. The fraction of sp³-hybridized carbons (Fsp3) is 0.0667. The van der Waals surface area contributed by atoms with E-state index in [2.05, 4.69) is 11.1 Å². The van der Waals surface area contributed by atoms with E-state index in [-0.39, 0.29) is 5.78 Å². The number of Topliss-reactive ketones (excluding diaryl/α,β-unsaturated/α-hetero) is 1. The van der Waals surface area contributed by atoms with Crippen molar-refractivity contribution >= 4 is 17.9 Å². The highest BCUT2D eigenvalue weighted by molar-refractivity contribution is 5.96. The smallest absolute Gasteiger partial charge is 0.177 e. The third-order valence-electron chi connectivity index (χ3n) is 2.63. The van der Waals surface area contributed by atoms with Gasteiger partial charge < -0.3 is 4.98 Å². The molecule has 0 saturated carbocycles. The maximum Gasteiger partial charge on any atom is 0.177 e. The number of nitrogens with zero attached hydrogens (tertiary/aromatic N) is 1. The van der Waals surface area contributed by atoms with Crippen LogP contribution in [-0.2, 0) is 0 Å². The van der Waals surface area contributed by atoms with Crippen molar-refractivity contribution in [2.45, 2.75) is 6.92 Å². The zero-order valence-electron chi connectivity index (χ0n) is 9.97. The molecule has 0 aliphatic carbocycles. The SMILES string of the molecule is CC(=O)c1[nH]cc(/C=C/c2ccccc2)c1C#N. The number of rotatable bonds is 3. The molecule has 3 nitrogen and oxygen atoms in total. The lowest BCUT2D eigenvalue weighted by Gasteiger charge is -1.93. The van der Waals surface area contributed by atoms with E-state index in [1.807, 2.05) is 42.5 Å². The second-order valence-corrected chi connectivity index (χ2v) is 3.91. The first kappa shape index (κ1) is 11.9. The summed E-state index contributed by atoms with van der Waals surface area (Å²) in [6.45, 7) is 1.44. The van der Waals surface area contributed by atoms with Crippen LogP contribution in [0.4, 0.5) is 0 Å². The number of aromatic nitrogens is 1. The van der Waals surface area contributed by atoms with Crippen LogP contribution in [-0.4, -0.2) is 10.8 Å². The summed E-state index contributed by atoms with van der Waals surface area (Å²) in [4.78, 5) is 14.1. The van der Waals surface area contributed by atoms with Crippen LogP contribution in [0.1, 0.15) is 34.1 Å². The standard InChI is InChI=1S/C15H12N2O/c1-11(18)15-14(9-16)13(10-17-15)8-7-12-5-3-2-4-6-12/h2-8,10,17H,1H3/b8-7+. The van der Waals surface area contributed by atoms with Crippen molar-refractivity contribution in [2.75, 3.05) is 0 Å². The Kier molecular flexibility index (Phi) is 3.40. The summed E-state index contributed by atoms with van der Waals surface area (Å²) in [5, 5.41) is 9.08. The molecule has 0 radical (unpaired) electrons. The maximum absolute atomic E-state index is 11.3. The summed E-state index contributed by atoms with van der Waals surface area (Å²) in [6.07, 6.45) is 5.42. The molecule has 1 N–H and O–H groups in total. The van der Waals surface area contributed by atoms with Crippen molar-refractivity contribution < 1.29 is 4.79 Å². The first-order chi connectivity index (χ1) is 8.72. The van der Waals surface area contributed by atoms with Crippen LogP contribution in [0.15, 0.2) is 36.5 Å². The Morgan fingerprint density at radius 1 is 1.28 bits per heavy atom. The van der Waals surface area contributed by atoms with E-state index >= 15 is 0 Å². The predicted octanol–water partition coefficient (Wildman–Crippen LogP) is 3.26. The molecular formula is C15H12N2O. The van der Waals surface area contributed by atoms with E-state index in [1.165, 1.54) is 6.92 Å². The van der Waals surface area contributed by atoms with Crippen molar-refractivity contribution in [2.24, 2.45) is 0 Å². The molecule has 88 valence electrons. The lowest BCUT2D eigenvalue weighted by Crippen LogP contribution is -1.95. The third kappa shape index (κ3) is 2.38. The van der Waals surface area contributed by atoms with Gasteiger partial charge in [-0.05, 0) is 5.56 Å². The summed E-state index contributed by atoms with van der Waals surface area (Å²) >= 11 is 0. The van der Waals surface area contributed by atoms with Crippen molar-refractivity contribution in [3.8, 4) is 6.07 Å². The minimum atomic E-state index is -0.133. The van der Waals surface area contributed by atoms with Crippen molar-refractivity contribution in [1.82, 2.24) is 4.98 Å². The summed E-state index contributed by atoms with van der Waals surface area (Å²) in [7, 11) is 0. The van der Waals surface area contributed by atoms with Gasteiger partial charge in [-0.3, -0.25) is 4.79 Å². The zero-order valence-corrected chi connectivity index (χ0v) is 9.97. The Morgan fingerprint density at radius 2 is 2.00 bits per heavy atom. The van der Waals surface area contributed by atoms with Gasteiger partial charge in [0.2, 0.25) is 0 Å². The minimum Gasteiger partial charge on any atom is -0.357 e. The molecule has 0 aliphatic rings. The Bertz CT molecular complexity index is 630. The number of aromatic amines is 1. The Morgan fingerprint density at radius 3 is 2.61 bits per heavy atom. The summed E-state index contributed by atoms with van der Waals surface area (Å²) in [5.41, 5.74) is 2.54. The zero-order chi connectivity index (χ0) is 13.0. The average Bonchev–Trinajstić information content (AvgIpc) is 2.80. The summed E-state index contributed by atoms with van der Waals surface area (Å²) in [5.74, 6) is -0.133. The van der Waals surface area contributed by atoms with E-state index in [4.69, 9.17) is 5.26 Å². The first-order valence-corrected chi connectivity index (χ1v) is 5.58. The Balaban J connectivity index is 2.34. The molecule has 0 aliphatic heterocycles. The number of benzene rings is 1. The molecule has 0 amide bonds. The van der Waals surface area contributed by atoms with Gasteiger partial charge in [-0.1, -0.05) is 42.5 Å². The normalized spacial score (nSPS) is 10.4. The molecule has 1 aromatic heterocycles. The molecule has 0 fully saturated rings. The summed E-state index contributed by atoms with van der Waals surface area (Å²) < 4.78 is 0. The largest absolute Gasteiger partial charge is 0.357 e. The second-order valence-electron chi connectivity index (χ2n) is 3.91. The first-order valence-electron chi connectivity index (χ1n) is 5.58. The monoisotopic (exact) mass is 236 g/mol. The van der Waals surface area contributed by atoms with Gasteiger partial charge in [0.25, 0.3) is 0 Å². The molecule has 0 unspecified atom stereocenters. The second kappa shape index (κ2) is 5.15. The third-order valence-corrected chi connectivity index (χ3v) is 2.63. The van der Waals surface area contributed by atoms with Gasteiger partial charge in [-0.25, -0.2) is 0 Å². The molecule has 1 heterocycles. The van der Waals surface area contributed by atoms with E-state index in [0.717, 1.165) is 11.1 Å². The molecule has 2 rings (SSSR count).